The third-order valence-electron chi connectivity index (χ3n) is 5.47. The zero-order valence-corrected chi connectivity index (χ0v) is 14.7. The molecule has 6 heteroatoms. The molecule has 6 nitrogen and oxygen atoms in total. The van der Waals surface area contributed by atoms with Gasteiger partial charge in [-0.25, -0.2) is 0 Å². The summed E-state index contributed by atoms with van der Waals surface area (Å²) in [5.74, 6) is -1.46. The van der Waals surface area contributed by atoms with Crippen molar-refractivity contribution in [2.24, 2.45) is 11.3 Å². The van der Waals surface area contributed by atoms with Gasteiger partial charge >= 0.3 is 5.97 Å². The second kappa shape index (κ2) is 9.37. The fourth-order valence-electron chi connectivity index (χ4n) is 4.04. The lowest BCUT2D eigenvalue weighted by Gasteiger charge is -2.31. The van der Waals surface area contributed by atoms with Crippen LogP contribution in [-0.4, -0.2) is 50.0 Å². The van der Waals surface area contributed by atoms with Crippen LogP contribution in [0.1, 0.15) is 57.8 Å². The topological polar surface area (TPSA) is 84.9 Å². The number of ether oxygens (including phenoxy) is 2. The Labute approximate surface area is 144 Å². The predicted octanol–water partition coefficient (Wildman–Crippen LogP) is 2.36. The van der Waals surface area contributed by atoms with Gasteiger partial charge in [-0.2, -0.15) is 0 Å². The summed E-state index contributed by atoms with van der Waals surface area (Å²) in [6.45, 7) is 0.957. The largest absolute Gasteiger partial charge is 0.481 e. The van der Waals surface area contributed by atoms with Crippen molar-refractivity contribution in [2.45, 2.75) is 63.8 Å². The summed E-state index contributed by atoms with van der Waals surface area (Å²) < 4.78 is 10.3. The molecule has 2 fully saturated rings. The zero-order valence-electron chi connectivity index (χ0n) is 14.7. The summed E-state index contributed by atoms with van der Waals surface area (Å²) in [7, 11) is 1.58. The fraction of sp³-hybridized carbons (Fsp3) is 0.889. The second-order valence-corrected chi connectivity index (χ2v) is 7.25. The van der Waals surface area contributed by atoms with Crippen molar-refractivity contribution in [1.29, 1.82) is 0 Å². The molecule has 0 aromatic rings. The van der Waals surface area contributed by atoms with Crippen LogP contribution in [0.2, 0.25) is 0 Å². The Morgan fingerprint density at radius 2 is 1.83 bits per heavy atom. The van der Waals surface area contributed by atoms with Crippen LogP contribution in [0.4, 0.5) is 0 Å². The average Bonchev–Trinajstić information content (AvgIpc) is 3.22. The number of nitrogens with one attached hydrogen (secondary N) is 1. The lowest BCUT2D eigenvalue weighted by molar-refractivity contribution is -0.147. The van der Waals surface area contributed by atoms with Gasteiger partial charge in [0.25, 0.3) is 0 Å². The number of rotatable bonds is 10. The van der Waals surface area contributed by atoms with Gasteiger partial charge in [0.2, 0.25) is 5.91 Å². The van der Waals surface area contributed by atoms with Gasteiger partial charge in [0.15, 0.2) is 0 Å². The number of hydrogen-bond acceptors (Lipinski definition) is 4. The van der Waals surface area contributed by atoms with Crippen molar-refractivity contribution in [1.82, 2.24) is 5.32 Å². The maximum atomic E-state index is 12.9. The van der Waals surface area contributed by atoms with E-state index in [-0.39, 0.29) is 18.6 Å². The molecule has 0 bridgehead atoms. The first-order valence-electron chi connectivity index (χ1n) is 9.18. The smallest absolute Gasteiger partial charge is 0.308 e. The number of carbonyl (C=O) groups excluding carboxylic acids is 1. The minimum absolute atomic E-state index is 0.0649. The molecule has 0 aromatic heterocycles. The molecule has 0 aromatic carbocycles. The normalized spacial score (nSPS) is 21.7. The van der Waals surface area contributed by atoms with Crippen molar-refractivity contribution in [3.63, 3.8) is 0 Å². The van der Waals surface area contributed by atoms with Gasteiger partial charge in [0.05, 0.1) is 31.2 Å². The van der Waals surface area contributed by atoms with E-state index in [0.717, 1.165) is 38.5 Å². The van der Waals surface area contributed by atoms with Crippen molar-refractivity contribution in [2.75, 3.05) is 26.9 Å². The molecule has 1 atom stereocenters. The van der Waals surface area contributed by atoms with Crippen LogP contribution in [0.5, 0.6) is 0 Å². The van der Waals surface area contributed by atoms with E-state index in [9.17, 15) is 14.7 Å². The molecule has 2 aliphatic rings. The van der Waals surface area contributed by atoms with Crippen LogP contribution in [-0.2, 0) is 19.1 Å². The summed E-state index contributed by atoms with van der Waals surface area (Å²) >= 11 is 0. The first kappa shape index (κ1) is 19.2. The Kier molecular flexibility index (Phi) is 7.49. The van der Waals surface area contributed by atoms with Crippen LogP contribution in [0.15, 0.2) is 0 Å². The van der Waals surface area contributed by atoms with E-state index in [2.05, 4.69) is 5.32 Å². The van der Waals surface area contributed by atoms with Crippen LogP contribution in [0.3, 0.4) is 0 Å². The molecule has 0 radical (unpaired) electrons. The minimum Gasteiger partial charge on any atom is -0.481 e. The van der Waals surface area contributed by atoms with E-state index in [0.29, 0.717) is 19.6 Å². The van der Waals surface area contributed by atoms with Crippen LogP contribution >= 0.6 is 0 Å². The molecule has 1 unspecified atom stereocenters. The van der Waals surface area contributed by atoms with E-state index in [1.165, 1.54) is 12.8 Å². The van der Waals surface area contributed by atoms with E-state index in [1.807, 2.05) is 0 Å². The molecule has 0 saturated heterocycles. The molecule has 2 aliphatic carbocycles. The van der Waals surface area contributed by atoms with Crippen molar-refractivity contribution in [3.8, 4) is 0 Å². The van der Waals surface area contributed by atoms with Gasteiger partial charge < -0.3 is 19.9 Å². The van der Waals surface area contributed by atoms with Gasteiger partial charge in [-0.15, -0.1) is 0 Å². The standard InChI is InChI=1S/C18H31NO5/c1-23-10-11-24-13-14(16(20)21)12-18(8-4-5-9-18)17(22)19-15-6-2-3-7-15/h14-15H,2-13H2,1H3,(H,19,22)(H,20,21). The summed E-state index contributed by atoms with van der Waals surface area (Å²) in [5.41, 5.74) is -0.531. The van der Waals surface area contributed by atoms with Gasteiger partial charge in [0, 0.05) is 13.2 Å². The van der Waals surface area contributed by atoms with Gasteiger partial charge in [0.1, 0.15) is 0 Å². The Morgan fingerprint density at radius 3 is 2.42 bits per heavy atom. The fourth-order valence-corrected chi connectivity index (χ4v) is 4.04. The zero-order chi connectivity index (χ0) is 17.4. The van der Waals surface area contributed by atoms with E-state index in [4.69, 9.17) is 9.47 Å². The predicted molar refractivity (Wildman–Crippen MR) is 89.7 cm³/mol. The van der Waals surface area contributed by atoms with Crippen LogP contribution in [0.25, 0.3) is 0 Å². The second-order valence-electron chi connectivity index (χ2n) is 7.25. The highest BCUT2D eigenvalue weighted by Gasteiger charge is 2.44. The SMILES string of the molecule is COCCOCC(CC1(C(=O)NC2CCCC2)CCCC1)C(=O)O. The first-order valence-corrected chi connectivity index (χ1v) is 9.18. The highest BCUT2D eigenvalue weighted by Crippen LogP contribution is 2.44. The third-order valence-corrected chi connectivity index (χ3v) is 5.47. The van der Waals surface area contributed by atoms with Gasteiger partial charge in [-0.3, -0.25) is 9.59 Å². The van der Waals surface area contributed by atoms with Gasteiger partial charge in [-0.1, -0.05) is 25.7 Å². The lowest BCUT2D eigenvalue weighted by Crippen LogP contribution is -2.45. The van der Waals surface area contributed by atoms with Crippen molar-refractivity contribution < 1.29 is 24.2 Å². The van der Waals surface area contributed by atoms with Gasteiger partial charge in [-0.05, 0) is 32.1 Å². The molecule has 0 spiro atoms. The number of carboxylic acid groups (broad SMARTS) is 1. The van der Waals surface area contributed by atoms with E-state index >= 15 is 0 Å². The summed E-state index contributed by atoms with van der Waals surface area (Å²) in [4.78, 5) is 24.5. The molecule has 1 amide bonds. The molecular formula is C18H31NO5. The first-order chi connectivity index (χ1) is 11.6. The highest BCUT2D eigenvalue weighted by atomic mass is 16.5. The van der Waals surface area contributed by atoms with E-state index < -0.39 is 17.3 Å². The summed E-state index contributed by atoms with van der Waals surface area (Å²) in [5, 5.41) is 12.7. The van der Waals surface area contributed by atoms with Crippen LogP contribution < -0.4 is 5.32 Å². The molecule has 2 saturated carbocycles. The molecule has 0 heterocycles. The Balaban J connectivity index is 1.95. The Hall–Kier alpha value is -1.14. The number of amides is 1. The molecule has 24 heavy (non-hydrogen) atoms. The van der Waals surface area contributed by atoms with Crippen LogP contribution in [0, 0.1) is 11.3 Å². The number of carbonyl (C=O) groups is 2. The average molecular weight is 341 g/mol. The lowest BCUT2D eigenvalue weighted by atomic mass is 9.76. The number of aliphatic carboxylic acids is 1. The maximum absolute atomic E-state index is 12.9. The third kappa shape index (κ3) is 5.18. The monoisotopic (exact) mass is 341 g/mol. The number of methoxy groups -OCH3 is 1. The minimum atomic E-state index is -0.882. The van der Waals surface area contributed by atoms with Crippen molar-refractivity contribution in [3.05, 3.63) is 0 Å². The van der Waals surface area contributed by atoms with E-state index in [1.54, 1.807) is 7.11 Å². The highest BCUT2D eigenvalue weighted by molar-refractivity contribution is 5.84. The molecule has 0 aliphatic heterocycles. The number of hydrogen-bond donors (Lipinski definition) is 2. The summed E-state index contributed by atoms with van der Waals surface area (Å²) in [6, 6.07) is 0.274. The Bertz CT molecular complexity index is 414. The number of carboxylic acids is 1. The maximum Gasteiger partial charge on any atom is 0.308 e. The molecule has 2 N–H and O–H groups in total. The quantitative estimate of drug-likeness (QED) is 0.596. The Morgan fingerprint density at radius 1 is 1.17 bits per heavy atom. The molecule has 138 valence electrons. The molecule has 2 rings (SSSR count). The van der Waals surface area contributed by atoms with Crippen molar-refractivity contribution >= 4 is 11.9 Å². The molecular weight excluding hydrogens is 310 g/mol. The summed E-state index contributed by atoms with van der Waals surface area (Å²) in [6.07, 6.45) is 8.36.